The second-order valence-electron chi connectivity index (χ2n) is 8.86. The number of benzene rings is 3. The lowest BCUT2D eigenvalue weighted by molar-refractivity contribution is -0.0145. The molecule has 2 heterocycles. The normalized spacial score (nSPS) is 13.9. The third-order valence-corrected chi connectivity index (χ3v) is 7.88. The highest BCUT2D eigenvalue weighted by atomic mass is 32.2. The number of carbonyl (C=O) groups is 2. The minimum Gasteiger partial charge on any atom is -0.442 e. The molecule has 0 spiro atoms. The fraction of sp³-hybridized carbons (Fsp3) is 0.185. The number of rotatable bonds is 5. The lowest BCUT2D eigenvalue weighted by Crippen LogP contribution is -2.56. The number of fused-ring (bicyclic) bond motifs is 1. The summed E-state index contributed by atoms with van der Waals surface area (Å²) in [6.45, 7) is 0.603. The van der Waals surface area contributed by atoms with Gasteiger partial charge in [-0.15, -0.1) is 0 Å². The van der Waals surface area contributed by atoms with Crippen LogP contribution in [0.25, 0.3) is 22.0 Å². The van der Waals surface area contributed by atoms with Crippen molar-refractivity contribution in [3.8, 4) is 11.1 Å². The highest BCUT2D eigenvalue weighted by Gasteiger charge is 2.34. The largest absolute Gasteiger partial charge is 0.442 e. The molecular weight excluding hydrogens is 478 g/mol. The Morgan fingerprint density at radius 2 is 1.53 bits per heavy atom. The molecule has 1 aromatic heterocycles. The van der Waals surface area contributed by atoms with Crippen molar-refractivity contribution in [3.63, 3.8) is 0 Å². The molecule has 0 bridgehead atoms. The van der Waals surface area contributed by atoms with Gasteiger partial charge in [0.15, 0.2) is 0 Å². The van der Waals surface area contributed by atoms with Crippen molar-refractivity contribution in [2.75, 3.05) is 27.2 Å². The van der Waals surface area contributed by atoms with E-state index in [1.54, 1.807) is 37.3 Å². The van der Waals surface area contributed by atoms with E-state index < -0.39 is 16.1 Å². The van der Waals surface area contributed by atoms with E-state index in [2.05, 4.69) is 0 Å². The molecular formula is C27H25N3O5S. The van der Waals surface area contributed by atoms with Crippen molar-refractivity contribution in [3.05, 3.63) is 90.6 Å². The smallest absolute Gasteiger partial charge is 0.409 e. The van der Waals surface area contributed by atoms with E-state index in [0.29, 0.717) is 24.2 Å². The average Bonchev–Trinajstić information content (AvgIpc) is 3.26. The second kappa shape index (κ2) is 9.16. The first-order valence-electron chi connectivity index (χ1n) is 11.4. The van der Waals surface area contributed by atoms with Gasteiger partial charge >= 0.3 is 6.09 Å². The third-order valence-electron chi connectivity index (χ3n) is 6.19. The van der Waals surface area contributed by atoms with E-state index in [0.717, 1.165) is 16.5 Å². The Morgan fingerprint density at radius 3 is 2.19 bits per heavy atom. The highest BCUT2D eigenvalue weighted by Crippen LogP contribution is 2.33. The maximum absolute atomic E-state index is 13.6. The van der Waals surface area contributed by atoms with Crippen molar-refractivity contribution < 1.29 is 22.7 Å². The molecule has 0 aliphatic carbocycles. The number of amides is 2. The van der Waals surface area contributed by atoms with Gasteiger partial charge < -0.3 is 14.5 Å². The van der Waals surface area contributed by atoms with Gasteiger partial charge in [-0.05, 0) is 35.9 Å². The molecule has 0 unspecified atom stereocenters. The Bertz CT molecular complexity index is 1540. The van der Waals surface area contributed by atoms with Crippen molar-refractivity contribution in [2.45, 2.75) is 11.0 Å². The van der Waals surface area contributed by atoms with Gasteiger partial charge in [-0.1, -0.05) is 48.5 Å². The fourth-order valence-electron chi connectivity index (χ4n) is 4.19. The number of hydrogen-bond donors (Lipinski definition) is 0. The zero-order chi connectivity index (χ0) is 25.4. The number of nitrogens with zero attached hydrogens (tertiary/aromatic N) is 3. The summed E-state index contributed by atoms with van der Waals surface area (Å²) < 4.78 is 33.7. The van der Waals surface area contributed by atoms with Crippen LogP contribution in [0.3, 0.4) is 0 Å². The van der Waals surface area contributed by atoms with E-state index in [4.69, 9.17) is 4.74 Å². The summed E-state index contributed by atoms with van der Waals surface area (Å²) in [6.07, 6.45) is 0.850. The van der Waals surface area contributed by atoms with Crippen molar-refractivity contribution in [1.29, 1.82) is 0 Å². The van der Waals surface area contributed by atoms with Gasteiger partial charge in [0.1, 0.15) is 6.10 Å². The van der Waals surface area contributed by atoms with Crippen LogP contribution in [0.4, 0.5) is 4.79 Å². The summed E-state index contributed by atoms with van der Waals surface area (Å²) in [6, 6.07) is 22.9. The molecule has 0 saturated carbocycles. The molecule has 0 atom stereocenters. The molecule has 0 radical (unpaired) electrons. The molecule has 5 rings (SSSR count). The van der Waals surface area contributed by atoms with Crippen LogP contribution < -0.4 is 0 Å². The number of likely N-dealkylation sites (tertiary alicyclic amines) is 1. The highest BCUT2D eigenvalue weighted by molar-refractivity contribution is 7.90. The molecule has 184 valence electrons. The van der Waals surface area contributed by atoms with E-state index in [1.807, 2.05) is 42.5 Å². The first kappa shape index (κ1) is 23.6. The summed E-state index contributed by atoms with van der Waals surface area (Å²) in [7, 11) is -0.716. The first-order chi connectivity index (χ1) is 17.3. The summed E-state index contributed by atoms with van der Waals surface area (Å²) in [5.41, 5.74) is 2.70. The predicted octanol–water partition coefficient (Wildman–Crippen LogP) is 4.07. The first-order valence-corrected chi connectivity index (χ1v) is 12.9. The van der Waals surface area contributed by atoms with Gasteiger partial charge in [-0.25, -0.2) is 17.2 Å². The van der Waals surface area contributed by atoms with Crippen molar-refractivity contribution >= 4 is 32.9 Å². The number of aromatic nitrogens is 1. The number of para-hydroxylation sites is 1. The summed E-state index contributed by atoms with van der Waals surface area (Å²) in [5.74, 6) is -0.242. The van der Waals surface area contributed by atoms with Gasteiger partial charge in [-0.3, -0.25) is 4.79 Å². The fourth-order valence-corrected chi connectivity index (χ4v) is 5.56. The molecule has 4 aromatic rings. The Morgan fingerprint density at radius 1 is 0.889 bits per heavy atom. The topological polar surface area (TPSA) is 88.9 Å². The lowest BCUT2D eigenvalue weighted by Gasteiger charge is -2.38. The molecule has 8 nitrogen and oxygen atoms in total. The SMILES string of the molecule is CN(C)C(=O)OC1CN(C(=O)c2ccc(S(=O)(=O)n3cc(-c4ccccc4)c4ccccc43)cc2)C1. The average molecular weight is 504 g/mol. The quantitative estimate of drug-likeness (QED) is 0.410. The summed E-state index contributed by atoms with van der Waals surface area (Å²) in [5, 5.41) is 0.835. The Kier molecular flexibility index (Phi) is 6.01. The molecule has 2 amide bonds. The van der Waals surface area contributed by atoms with Crippen LogP contribution in [0.15, 0.2) is 90.0 Å². The Balaban J connectivity index is 1.38. The van der Waals surface area contributed by atoms with Crippen LogP contribution >= 0.6 is 0 Å². The zero-order valence-electron chi connectivity index (χ0n) is 19.9. The minimum absolute atomic E-state index is 0.0841. The third kappa shape index (κ3) is 4.22. The number of hydrogen-bond acceptors (Lipinski definition) is 5. The molecule has 0 N–H and O–H groups in total. The van der Waals surface area contributed by atoms with Crippen LogP contribution in [0.2, 0.25) is 0 Å². The van der Waals surface area contributed by atoms with E-state index in [1.165, 1.54) is 33.1 Å². The van der Waals surface area contributed by atoms with Crippen molar-refractivity contribution in [1.82, 2.24) is 13.8 Å². The van der Waals surface area contributed by atoms with Crippen LogP contribution in [-0.4, -0.2) is 67.5 Å². The van der Waals surface area contributed by atoms with Crippen LogP contribution in [0, 0.1) is 0 Å². The number of ether oxygens (including phenoxy) is 1. The monoisotopic (exact) mass is 503 g/mol. The molecule has 36 heavy (non-hydrogen) atoms. The van der Waals surface area contributed by atoms with Gasteiger partial charge in [-0.2, -0.15) is 0 Å². The Hall–Kier alpha value is -4.11. The number of carbonyl (C=O) groups excluding carboxylic acids is 2. The molecule has 9 heteroatoms. The maximum atomic E-state index is 13.6. The predicted molar refractivity (Wildman–Crippen MR) is 136 cm³/mol. The second-order valence-corrected chi connectivity index (χ2v) is 10.7. The van der Waals surface area contributed by atoms with Gasteiger partial charge in [0, 0.05) is 36.8 Å². The van der Waals surface area contributed by atoms with Crippen LogP contribution in [0.1, 0.15) is 10.4 Å². The van der Waals surface area contributed by atoms with E-state index in [-0.39, 0.29) is 16.9 Å². The van der Waals surface area contributed by atoms with Gasteiger partial charge in [0.25, 0.3) is 15.9 Å². The standard InChI is InChI=1S/C27H25N3O5S/c1-28(2)27(32)35-21-16-29(17-21)26(31)20-12-14-22(15-13-20)36(33,34)30-18-24(19-8-4-3-5-9-19)23-10-6-7-11-25(23)30/h3-15,18,21H,16-17H2,1-2H3. The van der Waals surface area contributed by atoms with E-state index in [9.17, 15) is 18.0 Å². The van der Waals surface area contributed by atoms with Crippen LogP contribution in [0.5, 0.6) is 0 Å². The summed E-state index contributed by atoms with van der Waals surface area (Å²) >= 11 is 0. The lowest BCUT2D eigenvalue weighted by atomic mass is 10.1. The summed E-state index contributed by atoms with van der Waals surface area (Å²) in [4.78, 5) is 27.4. The molecule has 1 aliphatic rings. The molecule has 3 aromatic carbocycles. The molecule has 1 fully saturated rings. The van der Waals surface area contributed by atoms with Crippen molar-refractivity contribution in [2.24, 2.45) is 0 Å². The van der Waals surface area contributed by atoms with Crippen LogP contribution in [-0.2, 0) is 14.8 Å². The van der Waals surface area contributed by atoms with Gasteiger partial charge in [0.2, 0.25) is 0 Å². The molecule has 1 saturated heterocycles. The minimum atomic E-state index is -3.91. The van der Waals surface area contributed by atoms with E-state index >= 15 is 0 Å². The van der Waals surface area contributed by atoms with Gasteiger partial charge in [0.05, 0.1) is 23.5 Å². The Labute approximate surface area is 209 Å². The maximum Gasteiger partial charge on any atom is 0.409 e. The molecule has 1 aliphatic heterocycles. The zero-order valence-corrected chi connectivity index (χ0v) is 20.7.